The van der Waals surface area contributed by atoms with Crippen LogP contribution in [-0.4, -0.2) is 249 Å². The lowest BCUT2D eigenvalue weighted by molar-refractivity contribution is -0.139. The number of nitrogens with zero attached hydrogens (tertiary/aromatic N) is 18. The molecule has 662 valence electrons. The van der Waals surface area contributed by atoms with Gasteiger partial charge >= 0.3 is 0 Å². The summed E-state index contributed by atoms with van der Waals surface area (Å²) in [5.41, 5.74) is 17.9. The van der Waals surface area contributed by atoms with Gasteiger partial charge in [-0.2, -0.15) is 15.8 Å². The molecule has 128 heavy (non-hydrogen) atoms. The number of rotatable bonds is 19. The Morgan fingerprint density at radius 2 is 0.820 bits per heavy atom. The number of hydrogen-bond acceptors (Lipinski definition) is 22. The fourth-order valence-electron chi connectivity index (χ4n) is 22.3. The standard InChI is InChI=1S/C35H40N6O2.C34H40N6O3.C34H38N6O2/c1-4-31(42)41-19-18-40(23-35(41)14-15-35)33-27-13-17-39(30-12-6-10-25-9-5-8-24(2)32(25)30)21-29(27)37-34(28(33)20-36)43-22-26-11-7-16-38(26)3;1-4-31(42)40-17-16-39(19-26(40)21-41)33-27-13-15-38(30-12-6-10-24-9-5-8-23(2)32(24)30)20-29(27)36-34(28(33)18-35)43-22-25-11-7-14-37(25)3;1-4-30(41)39-19-34(20-39)21-40(22-34)32-26-13-15-38(29-12-6-10-24-9-5-8-23(2)31(24)29)17-28(26)36-33(27(32)16-35)42-18-25-11-7-14-37(25)3/h4-6,8-10,12,26H,1,7,11,13-19,21-23H2,2-3H3;4-6,8-10,12,25-26,41H,1,7,11,13-17,19-22H2,2-3H3;4-6,8-10,12,25H,1,7,11,13-15,17-22H2,2-3H3/t26-;25-,26?;25-/m000/s1. The van der Waals surface area contributed by atoms with Crippen LogP contribution in [0.25, 0.3) is 32.3 Å². The lowest BCUT2D eigenvalue weighted by Gasteiger charge is -2.61. The van der Waals surface area contributed by atoms with Gasteiger partial charge in [0.15, 0.2) is 0 Å². The Bertz CT molecular complexity index is 5960. The van der Waals surface area contributed by atoms with Crippen molar-refractivity contribution in [2.75, 3.05) is 182 Å². The summed E-state index contributed by atoms with van der Waals surface area (Å²) >= 11 is 0. The number of carbonyl (C=O) groups excluding carboxylic acids is 3. The number of hydrogen-bond donors (Lipinski definition) is 1. The van der Waals surface area contributed by atoms with Gasteiger partial charge in [0.2, 0.25) is 35.4 Å². The minimum atomic E-state index is -0.398. The molecule has 4 atom stereocenters. The summed E-state index contributed by atoms with van der Waals surface area (Å²) in [7, 11) is 6.39. The van der Waals surface area contributed by atoms with Crippen LogP contribution in [0.4, 0.5) is 34.1 Å². The molecule has 25 heteroatoms. The number of amides is 3. The van der Waals surface area contributed by atoms with Gasteiger partial charge in [0.05, 0.1) is 72.0 Å². The molecule has 1 saturated carbocycles. The Hall–Kier alpha value is -12.3. The number of piperazine rings is 2. The smallest absolute Gasteiger partial charge is 0.246 e. The maximum Gasteiger partial charge on any atom is 0.246 e. The summed E-state index contributed by atoms with van der Waals surface area (Å²) in [6.07, 6.45) is 15.1. The number of nitriles is 3. The fourth-order valence-corrected chi connectivity index (χ4v) is 22.3. The molecule has 0 radical (unpaired) electrons. The predicted molar refractivity (Wildman–Crippen MR) is 503 cm³/mol. The summed E-state index contributed by atoms with van der Waals surface area (Å²) in [6, 6.07) is 46.8. The first-order chi connectivity index (χ1) is 62.2. The van der Waals surface area contributed by atoms with Gasteiger partial charge in [-0.1, -0.05) is 111 Å². The molecule has 9 aromatic rings. The van der Waals surface area contributed by atoms with Crippen LogP contribution in [0.15, 0.2) is 147 Å². The zero-order valence-electron chi connectivity index (χ0n) is 75.0. The van der Waals surface area contributed by atoms with Crippen molar-refractivity contribution in [2.24, 2.45) is 5.41 Å². The number of aryl methyl sites for hydroxylation is 3. The zero-order chi connectivity index (χ0) is 88.8. The number of anilines is 6. The third-order valence-electron chi connectivity index (χ3n) is 29.4. The van der Waals surface area contributed by atoms with Crippen molar-refractivity contribution < 1.29 is 33.7 Å². The molecule has 1 aliphatic carbocycles. The van der Waals surface area contributed by atoms with E-state index >= 15 is 0 Å². The quantitative estimate of drug-likeness (QED) is 0.0739. The van der Waals surface area contributed by atoms with Crippen LogP contribution in [0.5, 0.6) is 17.6 Å². The molecule has 8 fully saturated rings. The minimum Gasteiger partial charge on any atom is -0.475 e. The normalized spacial score (nSPS) is 21.0. The number of aromatic nitrogens is 3. The third kappa shape index (κ3) is 16.5. The molecule has 10 aliphatic heterocycles. The van der Waals surface area contributed by atoms with Crippen LogP contribution >= 0.6 is 0 Å². The van der Waals surface area contributed by atoms with Gasteiger partial charge in [0, 0.05) is 159 Å². The van der Waals surface area contributed by atoms with E-state index < -0.39 is 6.04 Å². The topological polar surface area (TPSA) is 248 Å². The summed E-state index contributed by atoms with van der Waals surface area (Å²) in [6.45, 7) is 33.0. The van der Waals surface area contributed by atoms with Crippen LogP contribution in [0.3, 0.4) is 0 Å². The highest BCUT2D eigenvalue weighted by Gasteiger charge is 2.55. The van der Waals surface area contributed by atoms with Gasteiger partial charge < -0.3 is 78.1 Å². The number of aliphatic hydroxyl groups excluding tert-OH is 1. The molecular formula is C103H118N18O7. The highest BCUT2D eigenvalue weighted by molar-refractivity contribution is 6.00. The van der Waals surface area contributed by atoms with Gasteiger partial charge in [-0.05, 0) is 201 Å². The highest BCUT2D eigenvalue weighted by Crippen LogP contribution is 2.51. The van der Waals surface area contributed by atoms with Crippen molar-refractivity contribution in [1.82, 2.24) is 44.4 Å². The van der Waals surface area contributed by atoms with Gasteiger partial charge in [-0.3, -0.25) is 14.4 Å². The lowest BCUT2D eigenvalue weighted by atomic mass is 9.72. The SMILES string of the molecule is C=CC(=O)N1CC2(C1)CN(c1c(C#N)c(OC[C@@H]3CCCN3C)nc3c1CCN(c1cccc4cccc(C)c14)C3)C2.C=CC(=O)N1CCN(c2c(C#N)c(OC[C@@H]3CCCN3C)nc3c2CCN(c2cccc4cccc(C)c24)C3)CC12CC2.C=CC(=O)N1CCN(c2c(C#N)c(OC[C@@H]3CCCN3C)nc3c2CCN(c2cccc4cccc(C)c24)C3)CC1CO. The van der Waals surface area contributed by atoms with Crippen LogP contribution in [-0.2, 0) is 53.3 Å². The second-order valence-electron chi connectivity index (χ2n) is 37.3. The summed E-state index contributed by atoms with van der Waals surface area (Å²) in [5.74, 6) is 1.08. The molecule has 13 heterocycles. The summed E-state index contributed by atoms with van der Waals surface area (Å²) in [5, 5.41) is 49.3. The van der Waals surface area contributed by atoms with Crippen molar-refractivity contribution in [1.29, 1.82) is 15.8 Å². The highest BCUT2D eigenvalue weighted by atomic mass is 16.5. The number of aliphatic hydroxyl groups is 1. The molecule has 11 aliphatic rings. The van der Waals surface area contributed by atoms with Crippen LogP contribution < -0.4 is 43.6 Å². The molecule has 0 bridgehead atoms. The number of ether oxygens (including phenoxy) is 3. The number of pyridine rings is 3. The van der Waals surface area contributed by atoms with Crippen molar-refractivity contribution in [3.63, 3.8) is 0 Å². The Labute approximate surface area is 751 Å². The Morgan fingerprint density at radius 1 is 0.445 bits per heavy atom. The number of fused-ring (bicyclic) bond motifs is 6. The van der Waals surface area contributed by atoms with E-state index in [1.54, 1.807) is 4.90 Å². The van der Waals surface area contributed by atoms with E-state index in [0.29, 0.717) is 119 Å². The largest absolute Gasteiger partial charge is 0.475 e. The first kappa shape index (κ1) is 86.4. The van der Waals surface area contributed by atoms with Crippen LogP contribution in [0.1, 0.15) is 119 Å². The summed E-state index contributed by atoms with van der Waals surface area (Å²) < 4.78 is 19.3. The van der Waals surface area contributed by atoms with Crippen LogP contribution in [0.2, 0.25) is 0 Å². The van der Waals surface area contributed by atoms with E-state index in [9.17, 15) is 35.3 Å². The Balaban J connectivity index is 0.000000130. The van der Waals surface area contributed by atoms with Gasteiger partial charge in [0.25, 0.3) is 0 Å². The molecule has 3 aromatic heterocycles. The van der Waals surface area contributed by atoms with E-state index in [-0.39, 0.29) is 41.3 Å². The average Bonchev–Trinajstić information content (AvgIpc) is 0.833. The first-order valence-corrected chi connectivity index (χ1v) is 46.0. The molecule has 2 spiro atoms. The van der Waals surface area contributed by atoms with E-state index in [1.807, 2.05) is 9.80 Å². The molecule has 3 amide bonds. The number of likely N-dealkylation sites (N-methyl/N-ethyl adjacent to an activating group) is 3. The number of carbonyl (C=O) groups is 3. The van der Waals surface area contributed by atoms with Crippen LogP contribution in [0, 0.1) is 60.2 Å². The molecule has 7 saturated heterocycles. The van der Waals surface area contributed by atoms with E-state index in [1.165, 1.54) is 96.3 Å². The molecule has 25 nitrogen and oxygen atoms in total. The second kappa shape index (κ2) is 36.4. The van der Waals surface area contributed by atoms with Crippen molar-refractivity contribution >= 4 is 84.2 Å². The average molecular weight is 1720 g/mol. The third-order valence-corrected chi connectivity index (χ3v) is 29.4. The van der Waals surface area contributed by atoms with Gasteiger partial charge in [-0.25, -0.2) is 15.0 Å². The van der Waals surface area contributed by atoms with Crippen molar-refractivity contribution in [3.8, 4) is 35.8 Å². The molecule has 1 N–H and O–H groups in total. The van der Waals surface area contributed by atoms with E-state index in [2.05, 4.69) is 233 Å². The Morgan fingerprint density at radius 3 is 1.18 bits per heavy atom. The van der Waals surface area contributed by atoms with Gasteiger partial charge in [-0.15, -0.1) is 0 Å². The maximum atomic E-state index is 12.7. The number of likely N-dealkylation sites (tertiary alicyclic amines) is 4. The zero-order valence-corrected chi connectivity index (χ0v) is 75.0. The lowest BCUT2D eigenvalue weighted by Crippen LogP contribution is -2.73. The van der Waals surface area contributed by atoms with Crippen molar-refractivity contribution in [2.45, 2.75) is 141 Å². The van der Waals surface area contributed by atoms with Crippen molar-refractivity contribution in [3.05, 3.63) is 214 Å². The number of benzene rings is 6. The maximum absolute atomic E-state index is 12.7. The van der Waals surface area contributed by atoms with Gasteiger partial charge in [0.1, 0.15) is 54.7 Å². The molecule has 20 rings (SSSR count). The first-order valence-electron chi connectivity index (χ1n) is 46.0. The molecular weight excluding hydrogens is 1600 g/mol. The summed E-state index contributed by atoms with van der Waals surface area (Å²) in [4.78, 5) is 79.1. The van der Waals surface area contributed by atoms with E-state index in [4.69, 9.17) is 29.2 Å². The monoisotopic (exact) mass is 1720 g/mol. The fraction of sp³-hybridized carbons (Fsp3) is 0.447. The molecule has 1 unspecified atom stereocenters. The Kier molecular flexibility index (Phi) is 24.6. The van der Waals surface area contributed by atoms with E-state index in [0.717, 1.165) is 181 Å². The predicted octanol–water partition coefficient (Wildman–Crippen LogP) is 12.7. The molecule has 6 aromatic carbocycles. The second-order valence-corrected chi connectivity index (χ2v) is 37.3. The minimum absolute atomic E-state index is 0.000132.